The third kappa shape index (κ3) is 2.78. The highest BCUT2D eigenvalue weighted by Crippen LogP contribution is 2.37. The molecule has 2 saturated heterocycles. The van der Waals surface area contributed by atoms with Gasteiger partial charge in [-0.25, -0.2) is 9.59 Å². The minimum Gasteiger partial charge on any atom is -0.480 e. The Bertz CT molecular complexity index is 561. The van der Waals surface area contributed by atoms with Crippen LogP contribution in [0.15, 0.2) is 30.3 Å². The van der Waals surface area contributed by atoms with Gasteiger partial charge in [-0.15, -0.1) is 0 Å². The Morgan fingerprint density at radius 1 is 1.32 bits per heavy atom. The lowest BCUT2D eigenvalue weighted by molar-refractivity contribution is -0.142. The van der Waals surface area contributed by atoms with Gasteiger partial charge in [0.25, 0.3) is 0 Å². The number of hydrogen-bond donors (Lipinski definition) is 1. The van der Waals surface area contributed by atoms with Gasteiger partial charge >= 0.3 is 12.1 Å². The fourth-order valence-electron chi connectivity index (χ4n) is 3.28. The second-order valence-electron chi connectivity index (χ2n) is 5.83. The van der Waals surface area contributed by atoms with Crippen LogP contribution in [0.2, 0.25) is 0 Å². The highest BCUT2D eigenvalue weighted by molar-refractivity contribution is 5.81. The topological polar surface area (TPSA) is 76.1 Å². The zero-order valence-electron chi connectivity index (χ0n) is 12.3. The van der Waals surface area contributed by atoms with Gasteiger partial charge in [0.05, 0.1) is 18.2 Å². The number of rotatable bonds is 3. The van der Waals surface area contributed by atoms with Gasteiger partial charge in [0.1, 0.15) is 12.6 Å². The standard InChI is InChI=1S/C16H19NO5/c1-10-7-12-14(22-10)8-13(15(18)19)17(12)16(20)21-9-11-5-3-2-4-6-11/h2-6,10,12-14H,7-9H2,1H3,(H,18,19)/t10-,12+,13+,14+/m1/s1. The van der Waals surface area contributed by atoms with Gasteiger partial charge in [-0.2, -0.15) is 0 Å². The van der Waals surface area contributed by atoms with Gasteiger partial charge in [-0.1, -0.05) is 30.3 Å². The van der Waals surface area contributed by atoms with Crippen LogP contribution in [0.25, 0.3) is 0 Å². The molecule has 6 heteroatoms. The van der Waals surface area contributed by atoms with E-state index in [2.05, 4.69) is 0 Å². The Labute approximate surface area is 128 Å². The maximum Gasteiger partial charge on any atom is 0.411 e. The number of benzene rings is 1. The molecule has 2 fully saturated rings. The van der Waals surface area contributed by atoms with E-state index < -0.39 is 18.1 Å². The van der Waals surface area contributed by atoms with Gasteiger partial charge in [-0.3, -0.25) is 4.90 Å². The van der Waals surface area contributed by atoms with Crippen molar-refractivity contribution in [1.29, 1.82) is 0 Å². The molecule has 1 N–H and O–H groups in total. The van der Waals surface area contributed by atoms with Gasteiger partial charge < -0.3 is 14.6 Å². The lowest BCUT2D eigenvalue weighted by Crippen LogP contribution is -2.45. The molecular formula is C16H19NO5. The largest absolute Gasteiger partial charge is 0.480 e. The SMILES string of the molecule is C[C@@H]1C[C@H]2[C@H](C[C@@H](C(=O)O)N2C(=O)OCc2ccccc2)O1. The maximum absolute atomic E-state index is 12.4. The van der Waals surface area contributed by atoms with Crippen molar-refractivity contribution >= 4 is 12.1 Å². The number of carboxylic acid groups (broad SMARTS) is 1. The van der Waals surface area contributed by atoms with E-state index in [1.165, 1.54) is 4.90 Å². The molecule has 0 aliphatic carbocycles. The van der Waals surface area contributed by atoms with Crippen LogP contribution in [-0.2, 0) is 20.9 Å². The summed E-state index contributed by atoms with van der Waals surface area (Å²) in [5, 5.41) is 9.33. The maximum atomic E-state index is 12.4. The van der Waals surface area contributed by atoms with Crippen molar-refractivity contribution in [2.75, 3.05) is 0 Å². The summed E-state index contributed by atoms with van der Waals surface area (Å²) in [5.74, 6) is -1.01. The molecule has 2 aliphatic rings. The fourth-order valence-corrected chi connectivity index (χ4v) is 3.28. The van der Waals surface area contributed by atoms with E-state index in [1.54, 1.807) is 0 Å². The van der Waals surface area contributed by atoms with Crippen molar-refractivity contribution in [2.45, 2.75) is 50.7 Å². The predicted octanol–water partition coefficient (Wildman–Crippen LogP) is 2.03. The molecule has 0 spiro atoms. The molecule has 22 heavy (non-hydrogen) atoms. The summed E-state index contributed by atoms with van der Waals surface area (Å²) in [4.78, 5) is 25.1. The van der Waals surface area contributed by atoms with Crippen LogP contribution in [0, 0.1) is 0 Å². The van der Waals surface area contributed by atoms with Gasteiger partial charge in [0.15, 0.2) is 0 Å². The minimum absolute atomic E-state index is 0.0363. The Hall–Kier alpha value is -2.08. The average molecular weight is 305 g/mol. The van der Waals surface area contributed by atoms with Crippen LogP contribution in [0.1, 0.15) is 25.3 Å². The molecule has 3 rings (SSSR count). The Morgan fingerprint density at radius 3 is 2.73 bits per heavy atom. The summed E-state index contributed by atoms with van der Waals surface area (Å²) in [6.45, 7) is 2.07. The smallest absolute Gasteiger partial charge is 0.411 e. The highest BCUT2D eigenvalue weighted by Gasteiger charge is 2.52. The summed E-state index contributed by atoms with van der Waals surface area (Å²) in [5.41, 5.74) is 0.870. The average Bonchev–Trinajstić information content (AvgIpc) is 3.01. The van der Waals surface area contributed by atoms with Crippen molar-refractivity contribution in [3.05, 3.63) is 35.9 Å². The molecule has 0 unspecified atom stereocenters. The molecule has 2 aliphatic heterocycles. The van der Waals surface area contributed by atoms with Crippen LogP contribution in [0.5, 0.6) is 0 Å². The first-order valence-electron chi connectivity index (χ1n) is 7.43. The van der Waals surface area contributed by atoms with E-state index in [9.17, 15) is 14.7 Å². The van der Waals surface area contributed by atoms with E-state index in [0.717, 1.165) is 5.56 Å². The van der Waals surface area contributed by atoms with Crippen LogP contribution in [0.3, 0.4) is 0 Å². The molecule has 0 aromatic heterocycles. The summed E-state index contributed by atoms with van der Waals surface area (Å²) < 4.78 is 11.0. The second-order valence-corrected chi connectivity index (χ2v) is 5.83. The number of ether oxygens (including phenoxy) is 2. The first kappa shape index (κ1) is 14.8. The molecule has 1 aromatic carbocycles. The normalized spacial score (nSPS) is 30.1. The quantitative estimate of drug-likeness (QED) is 0.924. The van der Waals surface area contributed by atoms with Crippen LogP contribution < -0.4 is 0 Å². The first-order chi connectivity index (χ1) is 10.6. The number of nitrogens with zero attached hydrogens (tertiary/aromatic N) is 1. The second kappa shape index (κ2) is 5.96. The number of carbonyl (C=O) groups excluding carboxylic acids is 1. The molecule has 1 aromatic rings. The highest BCUT2D eigenvalue weighted by atomic mass is 16.6. The van der Waals surface area contributed by atoms with Gasteiger partial charge in [-0.05, 0) is 18.9 Å². The van der Waals surface area contributed by atoms with Crippen molar-refractivity contribution in [1.82, 2.24) is 4.90 Å². The number of carbonyl (C=O) groups is 2. The number of amides is 1. The number of aliphatic carboxylic acids is 1. The van der Waals surface area contributed by atoms with Crippen molar-refractivity contribution in [3.8, 4) is 0 Å². The molecule has 6 nitrogen and oxygen atoms in total. The van der Waals surface area contributed by atoms with Gasteiger partial charge in [0.2, 0.25) is 0 Å². The van der Waals surface area contributed by atoms with Crippen LogP contribution in [-0.4, -0.2) is 46.4 Å². The summed E-state index contributed by atoms with van der Waals surface area (Å²) in [6, 6.07) is 8.24. The summed E-state index contributed by atoms with van der Waals surface area (Å²) >= 11 is 0. The van der Waals surface area contributed by atoms with E-state index in [4.69, 9.17) is 9.47 Å². The Balaban J connectivity index is 1.69. The molecule has 0 bridgehead atoms. The van der Waals surface area contributed by atoms with Crippen LogP contribution >= 0.6 is 0 Å². The van der Waals surface area contributed by atoms with E-state index in [0.29, 0.717) is 12.8 Å². The van der Waals surface area contributed by atoms with E-state index >= 15 is 0 Å². The Kier molecular flexibility index (Phi) is 4.02. The summed E-state index contributed by atoms with van der Waals surface area (Å²) in [7, 11) is 0. The summed E-state index contributed by atoms with van der Waals surface area (Å²) in [6.07, 6.45) is 0.218. The lowest BCUT2D eigenvalue weighted by atomic mass is 10.1. The third-order valence-corrected chi connectivity index (χ3v) is 4.26. The molecule has 4 atom stereocenters. The molecule has 2 heterocycles. The Morgan fingerprint density at radius 2 is 2.05 bits per heavy atom. The predicted molar refractivity (Wildman–Crippen MR) is 77.2 cm³/mol. The molecular weight excluding hydrogens is 286 g/mol. The van der Waals surface area contributed by atoms with Gasteiger partial charge in [0, 0.05) is 6.42 Å². The van der Waals surface area contributed by atoms with E-state index in [-0.39, 0.29) is 24.9 Å². The van der Waals surface area contributed by atoms with E-state index in [1.807, 2.05) is 37.3 Å². The first-order valence-corrected chi connectivity index (χ1v) is 7.43. The number of hydrogen-bond acceptors (Lipinski definition) is 4. The molecule has 0 saturated carbocycles. The van der Waals surface area contributed by atoms with Crippen molar-refractivity contribution in [3.63, 3.8) is 0 Å². The fraction of sp³-hybridized carbons (Fsp3) is 0.500. The third-order valence-electron chi connectivity index (χ3n) is 4.26. The number of fused-ring (bicyclic) bond motifs is 1. The molecule has 118 valence electrons. The number of likely N-dealkylation sites (tertiary alicyclic amines) is 1. The van der Waals surface area contributed by atoms with Crippen LogP contribution in [0.4, 0.5) is 4.79 Å². The van der Waals surface area contributed by atoms with Crippen molar-refractivity contribution < 1.29 is 24.2 Å². The zero-order chi connectivity index (χ0) is 15.7. The molecule has 1 amide bonds. The minimum atomic E-state index is -1.01. The number of carboxylic acids is 1. The molecule has 0 radical (unpaired) electrons. The van der Waals surface area contributed by atoms with Crippen molar-refractivity contribution in [2.24, 2.45) is 0 Å². The zero-order valence-corrected chi connectivity index (χ0v) is 12.3. The lowest BCUT2D eigenvalue weighted by Gasteiger charge is -2.26. The monoisotopic (exact) mass is 305 g/mol.